The molecular weight excluding hydrogens is 634 g/mol. The first-order chi connectivity index (χ1) is 20.5. The number of anilines is 1. The van der Waals surface area contributed by atoms with Crippen molar-refractivity contribution in [2.24, 2.45) is 13.0 Å². The average Bonchev–Trinajstić information content (AvgIpc) is 3.35. The molecule has 5 aromatic rings. The summed E-state index contributed by atoms with van der Waals surface area (Å²) < 4.78 is 20.1. The first-order valence-corrected chi connectivity index (χ1v) is 17.0. The zero-order valence-electron chi connectivity index (χ0n) is 24.1. The van der Waals surface area contributed by atoms with Gasteiger partial charge in [0.1, 0.15) is 0 Å². The summed E-state index contributed by atoms with van der Waals surface area (Å²) in [7, 11) is 2.07. The monoisotopic (exact) mass is 669 g/mol. The molecule has 7 rings (SSSR count). The van der Waals surface area contributed by atoms with Crippen LogP contribution in [-0.4, -0.2) is 27.8 Å². The van der Waals surface area contributed by atoms with Crippen molar-refractivity contribution in [1.82, 2.24) is 14.7 Å². The number of halogens is 2. The molecule has 42 heavy (non-hydrogen) atoms. The van der Waals surface area contributed by atoms with E-state index < -0.39 is 0 Å². The zero-order valence-corrected chi connectivity index (χ0v) is 26.3. The summed E-state index contributed by atoms with van der Waals surface area (Å²) in [5.41, 5.74) is 9.86. The average molecular weight is 670 g/mol. The third-order valence-corrected chi connectivity index (χ3v) is 11.2. The Morgan fingerprint density at radius 3 is 2.50 bits per heavy atom. The van der Waals surface area contributed by atoms with E-state index in [1.165, 1.54) is 48.6 Å². The SMILES string of the molecule is Cc1ccccc1-c1nn(C)c2c(CN3CCC(C4=C[I-]c5ccccc5N4Cc4cccc(F)c4)CC3)cccc12. The van der Waals surface area contributed by atoms with Crippen LogP contribution in [0.5, 0.6) is 0 Å². The van der Waals surface area contributed by atoms with Crippen LogP contribution in [0.3, 0.4) is 0 Å². The molecule has 0 saturated carbocycles. The van der Waals surface area contributed by atoms with Crippen LogP contribution in [0.2, 0.25) is 0 Å². The summed E-state index contributed by atoms with van der Waals surface area (Å²) in [6, 6.07) is 31.0. The molecule has 0 N–H and O–H groups in total. The standard InChI is InChI=1S/C36H35FIN4/c1-25-9-3-4-13-30(25)35-31-14-8-11-28(36(31)40(2)39-35)24-41-19-17-27(18-20-41)34-22-38-32-15-5-6-16-33(32)42(34)23-26-10-7-12-29(37)21-26/h3-16,21-22,27H,17-20,23-24H2,1-2H3/q-1. The van der Waals surface area contributed by atoms with Crippen molar-refractivity contribution in [3.8, 4) is 11.3 Å². The van der Waals surface area contributed by atoms with Gasteiger partial charge in [-0.2, -0.15) is 0 Å². The van der Waals surface area contributed by atoms with Gasteiger partial charge in [0, 0.05) is 0 Å². The van der Waals surface area contributed by atoms with E-state index in [9.17, 15) is 4.39 Å². The van der Waals surface area contributed by atoms with Gasteiger partial charge in [0.05, 0.1) is 0 Å². The first-order valence-electron chi connectivity index (χ1n) is 14.7. The Morgan fingerprint density at radius 2 is 1.67 bits per heavy atom. The molecule has 0 amide bonds. The van der Waals surface area contributed by atoms with Gasteiger partial charge in [-0.25, -0.2) is 0 Å². The number of para-hydroxylation sites is 2. The van der Waals surface area contributed by atoms with E-state index >= 15 is 0 Å². The van der Waals surface area contributed by atoms with Crippen LogP contribution in [0, 0.1) is 22.2 Å². The van der Waals surface area contributed by atoms with Gasteiger partial charge in [0.25, 0.3) is 0 Å². The van der Waals surface area contributed by atoms with Crippen molar-refractivity contribution in [3.05, 3.63) is 127 Å². The molecule has 0 spiro atoms. The molecule has 0 atom stereocenters. The van der Waals surface area contributed by atoms with Crippen LogP contribution >= 0.6 is 0 Å². The predicted molar refractivity (Wildman–Crippen MR) is 165 cm³/mol. The molecule has 2 aliphatic rings. The third-order valence-electron chi connectivity index (χ3n) is 8.72. The van der Waals surface area contributed by atoms with E-state index in [0.29, 0.717) is 12.5 Å². The van der Waals surface area contributed by atoms with Crippen molar-refractivity contribution < 1.29 is 25.6 Å². The number of aromatic nitrogens is 2. The van der Waals surface area contributed by atoms with Crippen LogP contribution in [-0.2, 0) is 20.1 Å². The van der Waals surface area contributed by atoms with Crippen molar-refractivity contribution in [2.75, 3.05) is 18.0 Å². The summed E-state index contributed by atoms with van der Waals surface area (Å²) >= 11 is -0.179. The maximum atomic E-state index is 14.1. The van der Waals surface area contributed by atoms with Gasteiger partial charge >= 0.3 is 222 Å². The Hall–Kier alpha value is -3.49. The molecule has 6 heteroatoms. The maximum absolute atomic E-state index is 14.1. The van der Waals surface area contributed by atoms with E-state index in [1.807, 2.05) is 12.1 Å². The van der Waals surface area contributed by atoms with E-state index in [1.54, 1.807) is 6.07 Å². The summed E-state index contributed by atoms with van der Waals surface area (Å²) in [6.07, 6.45) is 2.26. The van der Waals surface area contributed by atoms with Gasteiger partial charge in [-0.15, -0.1) is 0 Å². The summed E-state index contributed by atoms with van der Waals surface area (Å²) in [5, 5.41) is 6.20. The molecule has 1 aromatic heterocycles. The number of hydrogen-bond donors (Lipinski definition) is 0. The fraction of sp³-hybridized carbons (Fsp3) is 0.250. The Balaban J connectivity index is 1.10. The molecule has 0 unspecified atom stereocenters. The molecule has 214 valence electrons. The Bertz CT molecular complexity index is 1780. The summed E-state index contributed by atoms with van der Waals surface area (Å²) in [4.78, 5) is 5.08. The number of fused-ring (bicyclic) bond motifs is 2. The second-order valence-electron chi connectivity index (χ2n) is 11.5. The van der Waals surface area contributed by atoms with Crippen LogP contribution in [0.15, 0.2) is 101 Å². The molecule has 0 aliphatic carbocycles. The first kappa shape index (κ1) is 27.3. The van der Waals surface area contributed by atoms with Crippen LogP contribution in [0.4, 0.5) is 10.1 Å². The molecule has 4 nitrogen and oxygen atoms in total. The van der Waals surface area contributed by atoms with E-state index in [4.69, 9.17) is 5.10 Å². The van der Waals surface area contributed by atoms with E-state index in [2.05, 4.69) is 99.3 Å². The Labute approximate surface area is 257 Å². The molecule has 0 bridgehead atoms. The van der Waals surface area contributed by atoms with Crippen molar-refractivity contribution >= 4 is 16.6 Å². The molecule has 4 aromatic carbocycles. The minimum atomic E-state index is -0.179. The number of likely N-dealkylation sites (tertiary alicyclic amines) is 1. The molecule has 1 fully saturated rings. The van der Waals surface area contributed by atoms with E-state index in [0.717, 1.165) is 43.7 Å². The topological polar surface area (TPSA) is 24.3 Å². The van der Waals surface area contributed by atoms with Crippen molar-refractivity contribution in [1.29, 1.82) is 0 Å². The number of hydrogen-bond acceptors (Lipinski definition) is 3. The van der Waals surface area contributed by atoms with Crippen LogP contribution in [0.25, 0.3) is 22.2 Å². The normalized spacial score (nSPS) is 16.3. The quantitative estimate of drug-likeness (QED) is 0.245. The number of aryl methyl sites for hydroxylation is 2. The van der Waals surface area contributed by atoms with Gasteiger partial charge in [0.15, 0.2) is 0 Å². The third kappa shape index (κ3) is 5.26. The van der Waals surface area contributed by atoms with Crippen LogP contribution < -0.4 is 26.1 Å². The fourth-order valence-corrected chi connectivity index (χ4v) is 9.30. The summed E-state index contributed by atoms with van der Waals surface area (Å²) in [5.74, 6) is 0.349. The summed E-state index contributed by atoms with van der Waals surface area (Å²) in [6.45, 7) is 5.92. The number of allylic oxidation sites excluding steroid dienone is 1. The second kappa shape index (κ2) is 11.7. The Morgan fingerprint density at radius 1 is 0.881 bits per heavy atom. The molecule has 0 radical (unpaired) electrons. The van der Waals surface area contributed by atoms with Crippen molar-refractivity contribution in [2.45, 2.75) is 32.9 Å². The van der Waals surface area contributed by atoms with Crippen molar-refractivity contribution in [3.63, 3.8) is 0 Å². The van der Waals surface area contributed by atoms with Gasteiger partial charge in [-0.1, -0.05) is 24.3 Å². The fourth-order valence-electron chi connectivity index (χ4n) is 6.59. The van der Waals surface area contributed by atoms with Gasteiger partial charge in [0.2, 0.25) is 0 Å². The van der Waals surface area contributed by atoms with Gasteiger partial charge in [-0.3, -0.25) is 0 Å². The Kier molecular flexibility index (Phi) is 7.59. The molecule has 2 aliphatic heterocycles. The number of benzene rings is 4. The number of piperidine rings is 1. The van der Waals surface area contributed by atoms with Gasteiger partial charge in [-0.05, 0) is 12.5 Å². The zero-order chi connectivity index (χ0) is 28.6. The van der Waals surface area contributed by atoms with Gasteiger partial charge < -0.3 is 0 Å². The number of rotatable bonds is 6. The molecular formula is C36H35FIN4-. The van der Waals surface area contributed by atoms with Crippen LogP contribution in [0.1, 0.15) is 29.5 Å². The minimum absolute atomic E-state index is 0.168. The number of nitrogens with zero attached hydrogens (tertiary/aromatic N) is 4. The van der Waals surface area contributed by atoms with E-state index in [-0.39, 0.29) is 27.0 Å². The second-order valence-corrected chi connectivity index (χ2v) is 13.9. The molecule has 3 heterocycles. The predicted octanol–water partition coefficient (Wildman–Crippen LogP) is 4.72. The molecule has 1 saturated heterocycles.